The molecular weight excluding hydrogens is 368 g/mol. The van der Waals surface area contributed by atoms with E-state index < -0.39 is 0 Å². The van der Waals surface area contributed by atoms with Crippen LogP contribution in [0.15, 0.2) is 72.9 Å². The van der Waals surface area contributed by atoms with Gasteiger partial charge in [-0.15, -0.1) is 0 Å². The van der Waals surface area contributed by atoms with Crippen LogP contribution in [0.5, 0.6) is 0 Å². The summed E-state index contributed by atoms with van der Waals surface area (Å²) < 4.78 is 2.15. The maximum absolute atomic E-state index is 6.12. The van der Waals surface area contributed by atoms with Crippen molar-refractivity contribution in [2.45, 2.75) is 39.8 Å². The number of imidazole rings is 1. The van der Waals surface area contributed by atoms with Crippen LogP contribution in [-0.2, 0) is 13.1 Å². The van der Waals surface area contributed by atoms with Crippen LogP contribution in [0, 0.1) is 0 Å². The zero-order valence-electron chi connectivity index (χ0n) is 18.0. The smallest absolute Gasteiger partial charge is 0.137 e. The summed E-state index contributed by atoms with van der Waals surface area (Å²) in [5.74, 6) is 0.515. The number of nitrogen functional groups attached to an aromatic ring is 1. The van der Waals surface area contributed by atoms with Gasteiger partial charge in [-0.25, -0.2) is 4.98 Å². The molecule has 0 aliphatic heterocycles. The molecule has 4 rings (SSSR count). The Labute approximate surface area is 179 Å². The Morgan fingerprint density at radius 2 is 1.67 bits per heavy atom. The van der Waals surface area contributed by atoms with Crippen LogP contribution in [0.2, 0.25) is 0 Å². The van der Waals surface area contributed by atoms with Gasteiger partial charge in [0.2, 0.25) is 0 Å². The minimum atomic E-state index is 0.515. The largest absolute Gasteiger partial charge is 0.398 e. The molecule has 0 fully saturated rings. The summed E-state index contributed by atoms with van der Waals surface area (Å²) in [6.45, 7) is 9.30. The first kappa shape index (κ1) is 20.2. The fourth-order valence-electron chi connectivity index (χ4n) is 3.85. The number of hydrogen-bond donors (Lipinski definition) is 1. The molecule has 2 N–H and O–H groups in total. The van der Waals surface area contributed by atoms with Crippen molar-refractivity contribution in [3.63, 3.8) is 0 Å². The van der Waals surface area contributed by atoms with Gasteiger partial charge in [-0.2, -0.15) is 0 Å². The first-order valence-electron chi connectivity index (χ1n) is 10.7. The van der Waals surface area contributed by atoms with E-state index in [0.717, 1.165) is 42.2 Å². The third-order valence-electron chi connectivity index (χ3n) is 5.66. The molecule has 4 aromatic rings. The van der Waals surface area contributed by atoms with Crippen LogP contribution in [0.3, 0.4) is 0 Å². The van der Waals surface area contributed by atoms with E-state index in [1.165, 1.54) is 16.8 Å². The lowest BCUT2D eigenvalue weighted by Gasteiger charge is -2.21. The van der Waals surface area contributed by atoms with E-state index in [9.17, 15) is 0 Å². The number of pyridine rings is 1. The maximum Gasteiger partial charge on any atom is 0.137 e. The highest BCUT2D eigenvalue weighted by Gasteiger charge is 2.17. The van der Waals surface area contributed by atoms with E-state index >= 15 is 0 Å². The Balaban J connectivity index is 1.74. The van der Waals surface area contributed by atoms with Crippen molar-refractivity contribution >= 4 is 11.3 Å². The van der Waals surface area contributed by atoms with Crippen molar-refractivity contribution in [3.8, 4) is 11.3 Å². The topological polar surface area (TPSA) is 46.6 Å². The van der Waals surface area contributed by atoms with Gasteiger partial charge in [0.25, 0.3) is 0 Å². The standard InChI is InChI=1S/C26H30N4/c1-4-29(16-20-8-6-5-7-9-20)18-24-26(22-12-10-21(11-13-22)19(2)3)28-25-15-14-23(27)17-30(24)25/h5-15,17,19H,4,16,18,27H2,1-3H3. The molecule has 0 spiro atoms. The summed E-state index contributed by atoms with van der Waals surface area (Å²) in [7, 11) is 0. The van der Waals surface area contributed by atoms with Gasteiger partial charge in [0, 0.05) is 30.5 Å². The second-order valence-corrected chi connectivity index (χ2v) is 8.16. The minimum Gasteiger partial charge on any atom is -0.398 e. The number of rotatable bonds is 7. The second-order valence-electron chi connectivity index (χ2n) is 8.16. The highest BCUT2D eigenvalue weighted by Crippen LogP contribution is 2.28. The monoisotopic (exact) mass is 398 g/mol. The van der Waals surface area contributed by atoms with Crippen molar-refractivity contribution in [2.75, 3.05) is 12.3 Å². The molecule has 0 aliphatic carbocycles. The third-order valence-corrected chi connectivity index (χ3v) is 5.66. The summed E-state index contributed by atoms with van der Waals surface area (Å²) in [4.78, 5) is 7.41. The number of benzene rings is 2. The summed E-state index contributed by atoms with van der Waals surface area (Å²) in [6.07, 6.45) is 1.99. The van der Waals surface area contributed by atoms with Crippen LogP contribution in [0.25, 0.3) is 16.9 Å². The Bertz CT molecular complexity index is 1110. The molecule has 0 atom stereocenters. The first-order valence-corrected chi connectivity index (χ1v) is 10.7. The van der Waals surface area contributed by atoms with Crippen molar-refractivity contribution in [1.82, 2.24) is 14.3 Å². The first-order chi connectivity index (χ1) is 14.5. The fraction of sp³-hybridized carbons (Fsp3) is 0.269. The van der Waals surface area contributed by atoms with Gasteiger partial charge in [0.05, 0.1) is 11.4 Å². The average molecular weight is 399 g/mol. The summed E-state index contributed by atoms with van der Waals surface area (Å²) in [5, 5.41) is 0. The molecule has 154 valence electrons. The highest BCUT2D eigenvalue weighted by molar-refractivity contribution is 5.67. The lowest BCUT2D eigenvalue weighted by molar-refractivity contribution is 0.268. The zero-order valence-corrected chi connectivity index (χ0v) is 18.0. The molecule has 2 aromatic carbocycles. The number of aromatic nitrogens is 2. The summed E-state index contributed by atoms with van der Waals surface area (Å²) in [5.41, 5.74) is 13.8. The molecule has 4 nitrogen and oxygen atoms in total. The van der Waals surface area contributed by atoms with Crippen molar-refractivity contribution in [2.24, 2.45) is 0 Å². The van der Waals surface area contributed by atoms with E-state index in [1.807, 2.05) is 18.3 Å². The van der Waals surface area contributed by atoms with E-state index in [0.29, 0.717) is 5.92 Å². The van der Waals surface area contributed by atoms with Gasteiger partial charge in [0.1, 0.15) is 5.65 Å². The number of nitrogens with two attached hydrogens (primary N) is 1. The predicted molar refractivity (Wildman–Crippen MR) is 125 cm³/mol. The Morgan fingerprint density at radius 1 is 0.933 bits per heavy atom. The maximum atomic E-state index is 6.12. The zero-order chi connectivity index (χ0) is 21.1. The normalized spacial score (nSPS) is 11.6. The molecular formula is C26H30N4. The van der Waals surface area contributed by atoms with E-state index in [-0.39, 0.29) is 0 Å². The van der Waals surface area contributed by atoms with E-state index in [1.54, 1.807) is 0 Å². The van der Waals surface area contributed by atoms with Gasteiger partial charge >= 0.3 is 0 Å². The average Bonchev–Trinajstić information content (AvgIpc) is 3.11. The van der Waals surface area contributed by atoms with Crippen molar-refractivity contribution < 1.29 is 0 Å². The van der Waals surface area contributed by atoms with Gasteiger partial charge < -0.3 is 10.1 Å². The third kappa shape index (κ3) is 4.24. The molecule has 0 unspecified atom stereocenters. The summed E-state index contributed by atoms with van der Waals surface area (Å²) in [6, 6.07) is 23.3. The van der Waals surface area contributed by atoms with E-state index in [4.69, 9.17) is 10.7 Å². The van der Waals surface area contributed by atoms with E-state index in [2.05, 4.69) is 84.7 Å². The van der Waals surface area contributed by atoms with Gasteiger partial charge in [-0.1, -0.05) is 75.4 Å². The Kier molecular flexibility index (Phi) is 5.86. The molecule has 2 aromatic heterocycles. The number of fused-ring (bicyclic) bond motifs is 1. The van der Waals surface area contributed by atoms with Crippen LogP contribution in [0.1, 0.15) is 43.5 Å². The molecule has 4 heteroatoms. The van der Waals surface area contributed by atoms with Gasteiger partial charge in [-0.3, -0.25) is 4.90 Å². The van der Waals surface area contributed by atoms with Crippen LogP contribution in [-0.4, -0.2) is 20.8 Å². The molecule has 0 radical (unpaired) electrons. The van der Waals surface area contributed by atoms with Crippen LogP contribution >= 0.6 is 0 Å². The minimum absolute atomic E-state index is 0.515. The Hall–Kier alpha value is -3.11. The SMILES string of the molecule is CCN(Cc1ccccc1)Cc1c(-c2ccc(C(C)C)cc2)nc2ccc(N)cn12. The molecule has 30 heavy (non-hydrogen) atoms. The molecule has 0 aliphatic rings. The lowest BCUT2D eigenvalue weighted by atomic mass is 10.0. The van der Waals surface area contributed by atoms with Gasteiger partial charge in [0.15, 0.2) is 0 Å². The molecule has 0 amide bonds. The quantitative estimate of drug-likeness (QED) is 0.432. The van der Waals surface area contributed by atoms with Crippen molar-refractivity contribution in [1.29, 1.82) is 0 Å². The van der Waals surface area contributed by atoms with Gasteiger partial charge in [-0.05, 0) is 35.7 Å². The highest BCUT2D eigenvalue weighted by atomic mass is 15.1. The molecule has 2 heterocycles. The molecule has 0 saturated carbocycles. The fourth-order valence-corrected chi connectivity index (χ4v) is 3.85. The number of hydrogen-bond acceptors (Lipinski definition) is 3. The Morgan fingerprint density at radius 3 is 2.33 bits per heavy atom. The molecule has 0 bridgehead atoms. The van der Waals surface area contributed by atoms with Crippen LogP contribution in [0.4, 0.5) is 5.69 Å². The number of anilines is 1. The van der Waals surface area contributed by atoms with Crippen molar-refractivity contribution in [3.05, 3.63) is 89.7 Å². The predicted octanol–water partition coefficient (Wildman–Crippen LogP) is 5.73. The van der Waals surface area contributed by atoms with Crippen LogP contribution < -0.4 is 5.73 Å². The number of nitrogens with zero attached hydrogens (tertiary/aromatic N) is 3. The second kappa shape index (κ2) is 8.72. The lowest BCUT2D eigenvalue weighted by Crippen LogP contribution is -2.23. The summed E-state index contributed by atoms with van der Waals surface area (Å²) >= 11 is 0. The molecule has 0 saturated heterocycles.